The number of rotatable bonds is 6. The highest BCUT2D eigenvalue weighted by Gasteiger charge is 2.24. The van der Waals surface area contributed by atoms with E-state index in [2.05, 4.69) is 20.8 Å². The van der Waals surface area contributed by atoms with Crippen LogP contribution in [0.3, 0.4) is 0 Å². The summed E-state index contributed by atoms with van der Waals surface area (Å²) in [5.41, 5.74) is 5.94. The molecule has 0 aromatic carbocycles. The first-order chi connectivity index (χ1) is 7.08. The number of nitrogens with zero attached hydrogens (tertiary/aromatic N) is 1. The fourth-order valence-electron chi connectivity index (χ4n) is 1.70. The van der Waals surface area contributed by atoms with Crippen molar-refractivity contribution in [2.45, 2.75) is 46.6 Å². The van der Waals surface area contributed by atoms with Crippen molar-refractivity contribution in [3.63, 3.8) is 0 Å². The molecule has 0 amide bonds. The van der Waals surface area contributed by atoms with Crippen LogP contribution in [0.5, 0.6) is 0 Å². The van der Waals surface area contributed by atoms with Gasteiger partial charge in [0.05, 0.1) is 5.75 Å². The zero-order chi connectivity index (χ0) is 13.0. The largest absolute Gasteiger partial charge is 0.327 e. The van der Waals surface area contributed by atoms with Crippen LogP contribution in [0, 0.1) is 5.41 Å². The molecule has 0 saturated heterocycles. The minimum atomic E-state index is -3.19. The molecule has 0 aliphatic carbocycles. The molecule has 1 unspecified atom stereocenters. The van der Waals surface area contributed by atoms with Crippen LogP contribution in [-0.2, 0) is 10.0 Å². The van der Waals surface area contributed by atoms with Gasteiger partial charge in [-0.3, -0.25) is 0 Å². The Balaban J connectivity index is 4.37. The Labute approximate surface area is 100 Å². The summed E-state index contributed by atoms with van der Waals surface area (Å²) >= 11 is 0. The minimum absolute atomic E-state index is 0.0424. The van der Waals surface area contributed by atoms with E-state index in [0.29, 0.717) is 13.0 Å². The molecule has 0 heterocycles. The maximum absolute atomic E-state index is 11.9. The molecule has 0 radical (unpaired) electrons. The second kappa shape index (κ2) is 5.98. The normalized spacial score (nSPS) is 15.4. The summed E-state index contributed by atoms with van der Waals surface area (Å²) < 4.78 is 25.1. The van der Waals surface area contributed by atoms with E-state index in [4.69, 9.17) is 5.73 Å². The molecule has 0 fully saturated rings. The third-order valence-electron chi connectivity index (χ3n) is 2.31. The van der Waals surface area contributed by atoms with Gasteiger partial charge in [-0.2, -0.15) is 0 Å². The first-order valence-corrected chi connectivity index (χ1v) is 7.39. The van der Waals surface area contributed by atoms with Crippen molar-refractivity contribution in [3.05, 3.63) is 0 Å². The van der Waals surface area contributed by atoms with Gasteiger partial charge in [0.2, 0.25) is 10.0 Å². The highest BCUT2D eigenvalue weighted by molar-refractivity contribution is 7.89. The fraction of sp³-hybridized carbons (Fsp3) is 1.00. The van der Waals surface area contributed by atoms with E-state index in [0.717, 1.165) is 6.42 Å². The third kappa shape index (κ3) is 6.45. The molecule has 0 aliphatic heterocycles. The highest BCUT2D eigenvalue weighted by atomic mass is 32.2. The van der Waals surface area contributed by atoms with E-state index in [1.807, 2.05) is 6.92 Å². The van der Waals surface area contributed by atoms with Crippen LogP contribution in [0.25, 0.3) is 0 Å². The molecule has 16 heavy (non-hydrogen) atoms. The molecule has 0 aliphatic rings. The van der Waals surface area contributed by atoms with Crippen molar-refractivity contribution >= 4 is 10.0 Å². The first-order valence-electron chi connectivity index (χ1n) is 5.78. The highest BCUT2D eigenvalue weighted by Crippen LogP contribution is 2.20. The SMILES string of the molecule is CCCN(C)S(=O)(=O)CC(N)CC(C)(C)C. The molecular weight excluding hydrogens is 224 g/mol. The van der Waals surface area contributed by atoms with Crippen LogP contribution in [0.15, 0.2) is 0 Å². The average Bonchev–Trinajstić information content (AvgIpc) is 1.99. The van der Waals surface area contributed by atoms with Crippen molar-refractivity contribution in [1.29, 1.82) is 0 Å². The van der Waals surface area contributed by atoms with Crippen molar-refractivity contribution in [1.82, 2.24) is 4.31 Å². The zero-order valence-electron chi connectivity index (χ0n) is 11.2. The number of nitrogens with two attached hydrogens (primary N) is 1. The Morgan fingerprint density at radius 2 is 1.81 bits per heavy atom. The molecule has 0 rings (SSSR count). The number of hydrogen-bond acceptors (Lipinski definition) is 3. The van der Waals surface area contributed by atoms with Gasteiger partial charge in [0.25, 0.3) is 0 Å². The lowest BCUT2D eigenvalue weighted by Crippen LogP contribution is -2.39. The molecule has 5 heteroatoms. The average molecular weight is 250 g/mol. The van der Waals surface area contributed by atoms with Gasteiger partial charge in [-0.15, -0.1) is 0 Å². The quantitative estimate of drug-likeness (QED) is 0.775. The second-order valence-electron chi connectivity index (χ2n) is 5.62. The van der Waals surface area contributed by atoms with Crippen molar-refractivity contribution in [3.8, 4) is 0 Å². The van der Waals surface area contributed by atoms with Gasteiger partial charge in [0.1, 0.15) is 0 Å². The summed E-state index contributed by atoms with van der Waals surface area (Å²) in [6.07, 6.45) is 1.54. The molecule has 0 spiro atoms. The monoisotopic (exact) mass is 250 g/mol. The van der Waals surface area contributed by atoms with Gasteiger partial charge in [-0.05, 0) is 18.3 Å². The standard InChI is InChI=1S/C11H26N2O2S/c1-6-7-13(5)16(14,15)9-10(12)8-11(2,3)4/h10H,6-9,12H2,1-5H3. The summed E-state index contributed by atoms with van der Waals surface area (Å²) in [7, 11) is -1.57. The van der Waals surface area contributed by atoms with Crippen LogP contribution in [0.1, 0.15) is 40.5 Å². The van der Waals surface area contributed by atoms with Gasteiger partial charge in [0.15, 0.2) is 0 Å². The molecule has 0 aromatic heterocycles. The Morgan fingerprint density at radius 3 is 2.19 bits per heavy atom. The summed E-state index contributed by atoms with van der Waals surface area (Å²) in [6, 6.07) is -0.288. The Kier molecular flexibility index (Phi) is 5.93. The van der Waals surface area contributed by atoms with Crippen LogP contribution in [0.2, 0.25) is 0 Å². The minimum Gasteiger partial charge on any atom is -0.327 e. The summed E-state index contributed by atoms with van der Waals surface area (Å²) in [6.45, 7) is 8.71. The van der Waals surface area contributed by atoms with E-state index in [9.17, 15) is 8.42 Å². The lowest BCUT2D eigenvalue weighted by atomic mass is 9.89. The van der Waals surface area contributed by atoms with E-state index in [1.165, 1.54) is 4.31 Å². The van der Waals surface area contributed by atoms with E-state index in [1.54, 1.807) is 7.05 Å². The van der Waals surface area contributed by atoms with Gasteiger partial charge in [-0.1, -0.05) is 27.7 Å². The topological polar surface area (TPSA) is 63.4 Å². The molecular formula is C11H26N2O2S. The Bertz CT molecular complexity index is 294. The van der Waals surface area contributed by atoms with Gasteiger partial charge < -0.3 is 5.73 Å². The molecule has 0 saturated carbocycles. The van der Waals surface area contributed by atoms with Crippen molar-refractivity contribution < 1.29 is 8.42 Å². The van der Waals surface area contributed by atoms with Crippen LogP contribution >= 0.6 is 0 Å². The van der Waals surface area contributed by atoms with Crippen LogP contribution in [-0.4, -0.2) is 38.1 Å². The summed E-state index contributed by atoms with van der Waals surface area (Å²) in [4.78, 5) is 0. The third-order valence-corrected chi connectivity index (χ3v) is 4.29. The smallest absolute Gasteiger partial charge is 0.215 e. The zero-order valence-corrected chi connectivity index (χ0v) is 12.0. The maximum Gasteiger partial charge on any atom is 0.215 e. The Hall–Kier alpha value is -0.130. The Morgan fingerprint density at radius 1 is 1.31 bits per heavy atom. The predicted octanol–water partition coefficient (Wildman–Crippen LogP) is 1.42. The van der Waals surface area contributed by atoms with Gasteiger partial charge in [0, 0.05) is 19.6 Å². The predicted molar refractivity (Wildman–Crippen MR) is 68.8 cm³/mol. The molecule has 2 N–H and O–H groups in total. The molecule has 1 atom stereocenters. The molecule has 0 aromatic rings. The molecule has 98 valence electrons. The fourth-order valence-corrected chi connectivity index (χ4v) is 3.07. The van der Waals surface area contributed by atoms with E-state index >= 15 is 0 Å². The lowest BCUT2D eigenvalue weighted by Gasteiger charge is -2.25. The van der Waals surface area contributed by atoms with Crippen LogP contribution < -0.4 is 5.73 Å². The molecule has 4 nitrogen and oxygen atoms in total. The number of sulfonamides is 1. The van der Waals surface area contributed by atoms with Crippen LogP contribution in [0.4, 0.5) is 0 Å². The summed E-state index contributed by atoms with van der Waals surface area (Å²) in [5.74, 6) is 0.0424. The maximum atomic E-state index is 11.9. The lowest BCUT2D eigenvalue weighted by molar-refractivity contribution is 0.347. The van der Waals surface area contributed by atoms with E-state index < -0.39 is 10.0 Å². The summed E-state index contributed by atoms with van der Waals surface area (Å²) in [5, 5.41) is 0. The second-order valence-corrected chi connectivity index (χ2v) is 7.75. The van der Waals surface area contributed by atoms with Gasteiger partial charge in [-0.25, -0.2) is 12.7 Å². The van der Waals surface area contributed by atoms with Crippen molar-refractivity contribution in [2.24, 2.45) is 11.1 Å². The molecule has 0 bridgehead atoms. The first kappa shape index (κ1) is 15.9. The van der Waals surface area contributed by atoms with E-state index in [-0.39, 0.29) is 17.2 Å². The van der Waals surface area contributed by atoms with Gasteiger partial charge >= 0.3 is 0 Å². The number of hydrogen-bond donors (Lipinski definition) is 1. The van der Waals surface area contributed by atoms with Crippen molar-refractivity contribution in [2.75, 3.05) is 19.3 Å².